The largest absolute Gasteiger partial charge is 0.264 e. The molecule has 0 saturated carbocycles. The zero-order valence-electron chi connectivity index (χ0n) is 11.9. The molecule has 1 atom stereocenters. The number of hydrogen-bond donors (Lipinski definition) is 0. The van der Waals surface area contributed by atoms with Crippen molar-refractivity contribution in [1.82, 2.24) is 19.9 Å². The zero-order chi connectivity index (χ0) is 15.2. The van der Waals surface area contributed by atoms with Crippen LogP contribution in [0.2, 0.25) is 0 Å². The number of thioether (sulfide) groups is 2. The quantitative estimate of drug-likeness (QED) is 0.712. The summed E-state index contributed by atoms with van der Waals surface area (Å²) in [5.74, 6) is 0.868. The van der Waals surface area contributed by atoms with Crippen molar-refractivity contribution >= 4 is 23.5 Å². The van der Waals surface area contributed by atoms with Gasteiger partial charge in [0.2, 0.25) is 5.16 Å². The van der Waals surface area contributed by atoms with Gasteiger partial charge < -0.3 is 0 Å². The second-order valence-electron chi connectivity index (χ2n) is 5.16. The normalized spacial score (nSPS) is 18.7. The molecule has 0 unspecified atom stereocenters. The van der Waals surface area contributed by atoms with Gasteiger partial charge in [0.1, 0.15) is 10.4 Å². The van der Waals surface area contributed by atoms with E-state index in [1.807, 2.05) is 30.5 Å². The summed E-state index contributed by atoms with van der Waals surface area (Å²) < 4.78 is 2.11. The molecule has 5 rings (SSSR count). The van der Waals surface area contributed by atoms with Crippen LogP contribution >= 0.6 is 23.5 Å². The molecule has 0 aliphatic carbocycles. The fourth-order valence-electron chi connectivity index (χ4n) is 2.75. The number of hydrogen-bond acceptors (Lipinski definition) is 6. The van der Waals surface area contributed by atoms with E-state index in [1.54, 1.807) is 29.7 Å². The van der Waals surface area contributed by atoms with Crippen LogP contribution in [0.5, 0.6) is 0 Å². The summed E-state index contributed by atoms with van der Waals surface area (Å²) in [4.78, 5) is 4.26. The van der Waals surface area contributed by atoms with E-state index in [0.29, 0.717) is 0 Å². The molecule has 1 aromatic carbocycles. The number of aromatic nitrogens is 4. The van der Waals surface area contributed by atoms with Gasteiger partial charge in [-0.2, -0.15) is 0 Å². The Hall–Kier alpha value is -2.25. The summed E-state index contributed by atoms with van der Waals surface area (Å²) in [5.41, 5.74) is 2.24. The topological polar surface area (TPSA) is 46.8 Å². The van der Waals surface area contributed by atoms with E-state index >= 15 is 0 Å². The van der Waals surface area contributed by atoms with Gasteiger partial charge in [-0.05, 0) is 17.8 Å². The lowest BCUT2D eigenvalue weighted by molar-refractivity contribution is 0.638. The molecule has 4 heterocycles. The van der Waals surface area contributed by atoms with Gasteiger partial charge in [0.05, 0.1) is 0 Å². The lowest BCUT2D eigenvalue weighted by Gasteiger charge is -2.25. The Morgan fingerprint density at radius 2 is 1.91 bits per heavy atom. The van der Waals surface area contributed by atoms with Crippen LogP contribution in [0.15, 0.2) is 70.5 Å². The van der Waals surface area contributed by atoms with Crippen molar-refractivity contribution < 1.29 is 0 Å². The summed E-state index contributed by atoms with van der Waals surface area (Å²) in [5, 5.41) is 15.4. The predicted molar refractivity (Wildman–Crippen MR) is 92.2 cm³/mol. The van der Waals surface area contributed by atoms with Crippen molar-refractivity contribution in [2.45, 2.75) is 10.5 Å². The molecule has 0 N–H and O–H groups in total. The SMILES string of the molecule is C1=C2Sc3nnc(-c4ccccc4)n3N2[C@H](c2cccnc2)S1. The predicted octanol–water partition coefficient (Wildman–Crippen LogP) is 3.63. The summed E-state index contributed by atoms with van der Waals surface area (Å²) in [6, 6.07) is 14.3. The van der Waals surface area contributed by atoms with Crippen LogP contribution in [0.25, 0.3) is 11.4 Å². The molecule has 3 aromatic rings. The molecule has 0 spiro atoms. The molecular formula is C16H11N5S2. The molecule has 0 fully saturated rings. The Balaban J connectivity index is 1.63. The van der Waals surface area contributed by atoms with E-state index < -0.39 is 0 Å². The van der Waals surface area contributed by atoms with Crippen LogP contribution in [-0.2, 0) is 0 Å². The molecular weight excluding hydrogens is 326 g/mol. The molecule has 2 aromatic heterocycles. The number of nitrogens with zero attached hydrogens (tertiary/aromatic N) is 5. The summed E-state index contributed by atoms with van der Waals surface area (Å²) in [6.45, 7) is 0. The maximum atomic E-state index is 4.39. The lowest BCUT2D eigenvalue weighted by Crippen LogP contribution is -2.29. The number of benzene rings is 1. The first-order valence-corrected chi connectivity index (χ1v) is 8.91. The molecule has 23 heavy (non-hydrogen) atoms. The van der Waals surface area contributed by atoms with Crippen molar-refractivity contribution in [1.29, 1.82) is 0 Å². The van der Waals surface area contributed by atoms with Crippen molar-refractivity contribution in [2.24, 2.45) is 0 Å². The van der Waals surface area contributed by atoms with Gasteiger partial charge in [-0.15, -0.1) is 10.2 Å². The maximum Gasteiger partial charge on any atom is 0.217 e. The second kappa shape index (κ2) is 5.14. The monoisotopic (exact) mass is 337 g/mol. The molecule has 2 aliphatic heterocycles. The Morgan fingerprint density at radius 1 is 1.00 bits per heavy atom. The van der Waals surface area contributed by atoms with E-state index in [0.717, 1.165) is 16.5 Å². The van der Waals surface area contributed by atoms with Crippen molar-refractivity contribution in [3.8, 4) is 11.4 Å². The van der Waals surface area contributed by atoms with Crippen molar-refractivity contribution in [3.05, 3.63) is 70.9 Å². The molecule has 2 aliphatic rings. The van der Waals surface area contributed by atoms with E-state index in [2.05, 4.69) is 48.5 Å². The zero-order valence-corrected chi connectivity index (χ0v) is 13.5. The summed E-state index contributed by atoms with van der Waals surface area (Å²) in [7, 11) is 0. The first-order chi connectivity index (χ1) is 11.4. The molecule has 0 amide bonds. The molecule has 0 radical (unpaired) electrons. The number of rotatable bonds is 2. The van der Waals surface area contributed by atoms with Crippen LogP contribution in [0.3, 0.4) is 0 Å². The van der Waals surface area contributed by atoms with Gasteiger partial charge >= 0.3 is 0 Å². The van der Waals surface area contributed by atoms with Crippen LogP contribution in [0.4, 0.5) is 0 Å². The maximum absolute atomic E-state index is 4.39. The van der Waals surface area contributed by atoms with E-state index in [9.17, 15) is 0 Å². The first-order valence-electron chi connectivity index (χ1n) is 7.15. The smallest absolute Gasteiger partial charge is 0.217 e. The third-order valence-electron chi connectivity index (χ3n) is 3.77. The van der Waals surface area contributed by atoms with Crippen LogP contribution < -0.4 is 5.01 Å². The van der Waals surface area contributed by atoms with Gasteiger partial charge in [0.15, 0.2) is 5.82 Å². The Bertz CT molecular complexity index is 891. The minimum Gasteiger partial charge on any atom is -0.264 e. The first kappa shape index (κ1) is 13.2. The summed E-state index contributed by atoms with van der Waals surface area (Å²) in [6.07, 6.45) is 3.72. The van der Waals surface area contributed by atoms with Gasteiger partial charge in [-0.3, -0.25) is 9.99 Å². The standard InChI is InChI=1S/C16H11N5S2/c1-2-5-11(6-3-1)14-18-19-16-21(14)20-13(23-16)10-22-15(20)12-7-4-8-17-9-12/h1-10,15H/t15-/m0/s1. The molecule has 5 nitrogen and oxygen atoms in total. The average Bonchev–Trinajstić information content (AvgIpc) is 3.27. The van der Waals surface area contributed by atoms with Crippen LogP contribution in [0.1, 0.15) is 10.9 Å². The molecule has 7 heteroatoms. The van der Waals surface area contributed by atoms with E-state index in [1.165, 1.54) is 10.6 Å². The highest BCUT2D eigenvalue weighted by atomic mass is 32.2. The molecule has 112 valence electrons. The molecule has 0 bridgehead atoms. The highest BCUT2D eigenvalue weighted by molar-refractivity contribution is 8.07. The average molecular weight is 337 g/mol. The lowest BCUT2D eigenvalue weighted by atomic mass is 10.2. The number of fused-ring (bicyclic) bond motifs is 3. The fraction of sp³-hybridized carbons (Fsp3) is 0.0625. The highest BCUT2D eigenvalue weighted by Crippen LogP contribution is 2.51. The summed E-state index contributed by atoms with van der Waals surface area (Å²) >= 11 is 3.44. The van der Waals surface area contributed by atoms with Gasteiger partial charge in [0, 0.05) is 28.9 Å². The fourth-order valence-corrected chi connectivity index (χ4v) is 4.96. The number of pyridine rings is 1. The van der Waals surface area contributed by atoms with Gasteiger partial charge in [-0.25, -0.2) is 4.68 Å². The van der Waals surface area contributed by atoms with Crippen LogP contribution in [-0.4, -0.2) is 19.9 Å². The molecule has 0 saturated heterocycles. The van der Waals surface area contributed by atoms with Gasteiger partial charge in [0.25, 0.3) is 0 Å². The van der Waals surface area contributed by atoms with Crippen molar-refractivity contribution in [2.75, 3.05) is 5.01 Å². The van der Waals surface area contributed by atoms with Crippen LogP contribution in [0, 0.1) is 0 Å². The van der Waals surface area contributed by atoms with Crippen molar-refractivity contribution in [3.63, 3.8) is 0 Å². The van der Waals surface area contributed by atoms with E-state index in [-0.39, 0.29) is 5.37 Å². The third kappa shape index (κ3) is 2.00. The Labute approximate surface area is 141 Å². The van der Waals surface area contributed by atoms with E-state index in [4.69, 9.17) is 0 Å². The minimum absolute atomic E-state index is 0.158. The Kier molecular flexibility index (Phi) is 2.95. The second-order valence-corrected chi connectivity index (χ2v) is 7.10. The minimum atomic E-state index is 0.158. The third-order valence-corrected chi connectivity index (χ3v) is 5.96. The Morgan fingerprint density at radius 3 is 2.74 bits per heavy atom. The highest BCUT2D eigenvalue weighted by Gasteiger charge is 2.39. The van der Waals surface area contributed by atoms with Gasteiger partial charge in [-0.1, -0.05) is 48.2 Å².